The second-order valence-corrected chi connectivity index (χ2v) is 6.33. The molecule has 0 spiro atoms. The number of hydrogen-bond acceptors (Lipinski definition) is 2. The molecule has 138 valence electrons. The fourth-order valence-corrected chi connectivity index (χ4v) is 3.10. The van der Waals surface area contributed by atoms with E-state index in [2.05, 4.69) is 0 Å². The minimum Gasteiger partial charge on any atom is -0.495 e. The number of halogens is 3. The van der Waals surface area contributed by atoms with Crippen molar-refractivity contribution in [3.05, 3.63) is 54.1 Å². The van der Waals surface area contributed by atoms with E-state index in [0.29, 0.717) is 24.5 Å². The van der Waals surface area contributed by atoms with E-state index >= 15 is 0 Å². The summed E-state index contributed by atoms with van der Waals surface area (Å²) >= 11 is 0. The highest BCUT2D eigenvalue weighted by Crippen LogP contribution is 2.35. The lowest BCUT2D eigenvalue weighted by Crippen LogP contribution is -2.53. The predicted molar refractivity (Wildman–Crippen MR) is 93.7 cm³/mol. The molecule has 0 aromatic heterocycles. The average Bonchev–Trinajstić information content (AvgIpc) is 2.62. The van der Waals surface area contributed by atoms with Crippen LogP contribution in [-0.2, 0) is 6.18 Å². The Morgan fingerprint density at radius 2 is 1.73 bits per heavy atom. The third-order valence-corrected chi connectivity index (χ3v) is 4.31. The van der Waals surface area contributed by atoms with Crippen LogP contribution in [0.25, 0.3) is 0 Å². The Morgan fingerprint density at radius 3 is 2.42 bits per heavy atom. The molecule has 0 N–H and O–H groups in total. The minimum absolute atomic E-state index is 0.0761. The topological polar surface area (TPSA) is 32.8 Å². The van der Waals surface area contributed by atoms with Gasteiger partial charge in [-0.1, -0.05) is 25.1 Å². The molecule has 0 bridgehead atoms. The van der Waals surface area contributed by atoms with Gasteiger partial charge in [-0.2, -0.15) is 13.2 Å². The highest BCUT2D eigenvalue weighted by molar-refractivity contribution is 6.05. The summed E-state index contributed by atoms with van der Waals surface area (Å²) in [6.07, 6.45) is -4.46. The molecule has 1 unspecified atom stereocenters. The van der Waals surface area contributed by atoms with Crippen LogP contribution in [0.2, 0.25) is 0 Å². The second-order valence-electron chi connectivity index (χ2n) is 6.33. The number of methoxy groups -OCH3 is 1. The van der Waals surface area contributed by atoms with Crippen LogP contribution < -0.4 is 14.5 Å². The molecule has 1 fully saturated rings. The lowest BCUT2D eigenvalue weighted by Gasteiger charge is -2.39. The Labute approximate surface area is 149 Å². The number of alkyl halides is 3. The first-order chi connectivity index (χ1) is 12.3. The normalized spacial score (nSPS) is 18.2. The van der Waals surface area contributed by atoms with Gasteiger partial charge in [0.1, 0.15) is 5.75 Å². The molecule has 1 saturated heterocycles. The molecule has 0 saturated carbocycles. The summed E-state index contributed by atoms with van der Waals surface area (Å²) in [4.78, 5) is 15.9. The van der Waals surface area contributed by atoms with Gasteiger partial charge in [0.05, 0.1) is 18.4 Å². The molecule has 2 amide bonds. The van der Waals surface area contributed by atoms with E-state index in [9.17, 15) is 18.0 Å². The third-order valence-electron chi connectivity index (χ3n) is 4.31. The Balaban J connectivity index is 1.98. The molecule has 1 heterocycles. The number of carbonyl (C=O) groups is 1. The number of urea groups is 1. The van der Waals surface area contributed by atoms with Crippen molar-refractivity contribution < 1.29 is 22.7 Å². The summed E-state index contributed by atoms with van der Waals surface area (Å²) in [6.45, 7) is 2.77. The standard InChI is InChI=1S/C19H19F3N2O2/c1-13-11-23(15-7-5-6-14(10-15)19(20,21)22)18(25)24(12-13)16-8-3-4-9-17(16)26-2/h3-10,13H,11-12H2,1-2H3. The maximum absolute atomic E-state index is 13.0. The highest BCUT2D eigenvalue weighted by Gasteiger charge is 2.35. The van der Waals surface area contributed by atoms with Gasteiger partial charge in [0, 0.05) is 18.8 Å². The summed E-state index contributed by atoms with van der Waals surface area (Å²) in [5.74, 6) is 0.617. The third kappa shape index (κ3) is 3.47. The minimum atomic E-state index is -4.46. The first-order valence-electron chi connectivity index (χ1n) is 8.20. The number of para-hydroxylation sites is 2. The van der Waals surface area contributed by atoms with Crippen molar-refractivity contribution in [1.82, 2.24) is 0 Å². The summed E-state index contributed by atoms with van der Waals surface area (Å²) in [6, 6.07) is 11.6. The lowest BCUT2D eigenvalue weighted by molar-refractivity contribution is -0.137. The molecular formula is C19H19F3N2O2. The average molecular weight is 364 g/mol. The van der Waals surface area contributed by atoms with Crippen LogP contribution in [0.1, 0.15) is 12.5 Å². The number of amides is 2. The van der Waals surface area contributed by atoms with Crippen LogP contribution >= 0.6 is 0 Å². The van der Waals surface area contributed by atoms with E-state index in [-0.39, 0.29) is 17.6 Å². The van der Waals surface area contributed by atoms with E-state index in [1.807, 2.05) is 6.92 Å². The number of carbonyl (C=O) groups excluding carboxylic acids is 1. The van der Waals surface area contributed by atoms with Gasteiger partial charge in [0.25, 0.3) is 0 Å². The molecule has 2 aromatic carbocycles. The summed E-state index contributed by atoms with van der Waals surface area (Å²) in [7, 11) is 1.52. The van der Waals surface area contributed by atoms with Crippen molar-refractivity contribution in [1.29, 1.82) is 0 Å². The first kappa shape index (κ1) is 18.1. The zero-order valence-corrected chi connectivity index (χ0v) is 14.5. The maximum Gasteiger partial charge on any atom is 0.416 e. The Kier molecular flexibility index (Phi) is 4.80. The van der Waals surface area contributed by atoms with Crippen LogP contribution in [0.5, 0.6) is 5.75 Å². The number of rotatable bonds is 3. The predicted octanol–water partition coefficient (Wildman–Crippen LogP) is 4.80. The van der Waals surface area contributed by atoms with Crippen LogP contribution in [0, 0.1) is 5.92 Å². The van der Waals surface area contributed by atoms with Crippen molar-refractivity contribution in [3.8, 4) is 5.75 Å². The van der Waals surface area contributed by atoms with Gasteiger partial charge in [-0.25, -0.2) is 4.79 Å². The largest absolute Gasteiger partial charge is 0.495 e. The number of nitrogens with zero attached hydrogens (tertiary/aromatic N) is 2. The Bertz CT molecular complexity index is 807. The fourth-order valence-electron chi connectivity index (χ4n) is 3.10. The molecule has 26 heavy (non-hydrogen) atoms. The molecule has 4 nitrogen and oxygen atoms in total. The van der Waals surface area contributed by atoms with Crippen LogP contribution in [-0.4, -0.2) is 26.2 Å². The number of benzene rings is 2. The lowest BCUT2D eigenvalue weighted by atomic mass is 10.1. The molecule has 0 aliphatic carbocycles. The summed E-state index contributed by atoms with van der Waals surface area (Å²) in [5, 5.41) is 0. The summed E-state index contributed by atoms with van der Waals surface area (Å²) in [5.41, 5.74) is 0.0599. The highest BCUT2D eigenvalue weighted by atomic mass is 19.4. The van der Waals surface area contributed by atoms with E-state index in [1.54, 1.807) is 29.2 Å². The van der Waals surface area contributed by atoms with Gasteiger partial charge in [0.15, 0.2) is 0 Å². The van der Waals surface area contributed by atoms with Gasteiger partial charge in [0.2, 0.25) is 0 Å². The maximum atomic E-state index is 13.0. The van der Waals surface area contributed by atoms with Gasteiger partial charge < -0.3 is 4.74 Å². The van der Waals surface area contributed by atoms with Crippen molar-refractivity contribution in [2.75, 3.05) is 30.0 Å². The van der Waals surface area contributed by atoms with Crippen molar-refractivity contribution >= 4 is 17.4 Å². The van der Waals surface area contributed by atoms with Gasteiger partial charge in [-0.15, -0.1) is 0 Å². The number of anilines is 2. The number of ether oxygens (including phenoxy) is 1. The van der Waals surface area contributed by atoms with E-state index in [0.717, 1.165) is 12.1 Å². The molecule has 0 radical (unpaired) electrons. The summed E-state index contributed by atoms with van der Waals surface area (Å²) < 4.78 is 44.4. The van der Waals surface area contributed by atoms with Gasteiger partial charge in [-0.05, 0) is 36.2 Å². The zero-order valence-electron chi connectivity index (χ0n) is 14.5. The van der Waals surface area contributed by atoms with Crippen molar-refractivity contribution in [2.45, 2.75) is 13.1 Å². The smallest absolute Gasteiger partial charge is 0.416 e. The van der Waals surface area contributed by atoms with Crippen LogP contribution in [0.15, 0.2) is 48.5 Å². The van der Waals surface area contributed by atoms with E-state index in [4.69, 9.17) is 4.74 Å². The molecule has 2 aromatic rings. The first-order valence-corrected chi connectivity index (χ1v) is 8.20. The van der Waals surface area contributed by atoms with E-state index < -0.39 is 11.7 Å². The molecule has 3 rings (SSSR count). The Hall–Kier alpha value is -2.70. The van der Waals surface area contributed by atoms with Crippen LogP contribution in [0.3, 0.4) is 0 Å². The number of hydrogen-bond donors (Lipinski definition) is 0. The monoisotopic (exact) mass is 364 g/mol. The van der Waals surface area contributed by atoms with Gasteiger partial charge >= 0.3 is 12.2 Å². The van der Waals surface area contributed by atoms with Crippen molar-refractivity contribution in [2.24, 2.45) is 5.92 Å². The van der Waals surface area contributed by atoms with Crippen LogP contribution in [0.4, 0.5) is 29.3 Å². The molecule has 1 aliphatic rings. The SMILES string of the molecule is COc1ccccc1N1CC(C)CN(c2cccc(C(F)(F)F)c2)C1=O. The molecule has 1 aliphatic heterocycles. The Morgan fingerprint density at radius 1 is 1.04 bits per heavy atom. The molecule has 7 heteroatoms. The van der Waals surface area contributed by atoms with E-state index in [1.165, 1.54) is 24.1 Å². The molecule has 1 atom stereocenters. The van der Waals surface area contributed by atoms with Gasteiger partial charge in [-0.3, -0.25) is 9.80 Å². The quantitative estimate of drug-likeness (QED) is 0.784. The second kappa shape index (κ2) is 6.90. The zero-order chi connectivity index (χ0) is 18.9. The van der Waals surface area contributed by atoms with Crippen molar-refractivity contribution in [3.63, 3.8) is 0 Å². The fraction of sp³-hybridized carbons (Fsp3) is 0.316. The molecular weight excluding hydrogens is 345 g/mol.